The molecule has 0 fully saturated rings. The number of anilines is 1. The van der Waals surface area contributed by atoms with Crippen molar-refractivity contribution in [3.8, 4) is 0 Å². The van der Waals surface area contributed by atoms with E-state index in [0.29, 0.717) is 0 Å². The Bertz CT molecular complexity index is 427. The monoisotopic (exact) mass is 289 g/mol. The minimum atomic E-state index is -0.632. The van der Waals surface area contributed by atoms with Crippen LogP contribution in [0.2, 0.25) is 0 Å². The zero-order chi connectivity index (χ0) is 12.5. The molecule has 0 amide bonds. The summed E-state index contributed by atoms with van der Waals surface area (Å²) in [4.78, 5) is 11.7. The number of rotatable bonds is 1. The molecule has 88 valence electrons. The molecule has 1 rings (SSSR count). The fraction of sp³-hybridized carbons (Fsp3) is 0.364. The van der Waals surface area contributed by atoms with Crippen molar-refractivity contribution < 1.29 is 13.9 Å². The van der Waals surface area contributed by atoms with E-state index >= 15 is 0 Å². The van der Waals surface area contributed by atoms with Crippen molar-refractivity contribution in [3.05, 3.63) is 28.0 Å². The summed E-state index contributed by atoms with van der Waals surface area (Å²) < 4.78 is 18.6. The third-order valence-electron chi connectivity index (χ3n) is 1.71. The van der Waals surface area contributed by atoms with Crippen LogP contribution in [0.4, 0.5) is 10.1 Å². The number of nitrogen functional groups attached to an aromatic ring is 1. The summed E-state index contributed by atoms with van der Waals surface area (Å²) in [5.74, 6) is -1.17. The van der Waals surface area contributed by atoms with E-state index in [1.54, 1.807) is 20.8 Å². The average Bonchev–Trinajstić information content (AvgIpc) is 2.08. The summed E-state index contributed by atoms with van der Waals surface area (Å²) in [5.41, 5.74) is 5.20. The molecule has 0 heterocycles. The minimum Gasteiger partial charge on any atom is -0.456 e. The number of hydrogen-bond donors (Lipinski definition) is 1. The molecule has 0 aliphatic carbocycles. The Kier molecular flexibility index (Phi) is 3.57. The lowest BCUT2D eigenvalue weighted by atomic mass is 10.1. The summed E-state index contributed by atoms with van der Waals surface area (Å²) in [6.07, 6.45) is 0. The van der Waals surface area contributed by atoms with Gasteiger partial charge in [-0.15, -0.1) is 0 Å². The second kappa shape index (κ2) is 4.41. The average molecular weight is 290 g/mol. The Hall–Kier alpha value is -1.10. The SMILES string of the molecule is CC(C)(C)OC(=O)c1cc(F)c(Br)cc1N. The number of ether oxygens (including phenoxy) is 1. The zero-order valence-electron chi connectivity index (χ0n) is 9.30. The first-order valence-electron chi connectivity index (χ1n) is 4.68. The van der Waals surface area contributed by atoms with E-state index in [4.69, 9.17) is 10.5 Å². The lowest BCUT2D eigenvalue weighted by Gasteiger charge is -2.20. The van der Waals surface area contributed by atoms with Gasteiger partial charge >= 0.3 is 5.97 Å². The number of nitrogens with two attached hydrogens (primary N) is 1. The molecule has 5 heteroatoms. The summed E-state index contributed by atoms with van der Waals surface area (Å²) in [7, 11) is 0. The van der Waals surface area contributed by atoms with Gasteiger partial charge in [-0.05, 0) is 48.8 Å². The van der Waals surface area contributed by atoms with E-state index in [1.807, 2.05) is 0 Å². The fourth-order valence-corrected chi connectivity index (χ4v) is 1.43. The van der Waals surface area contributed by atoms with Gasteiger partial charge in [0.15, 0.2) is 0 Å². The Morgan fingerprint density at radius 1 is 1.44 bits per heavy atom. The quantitative estimate of drug-likeness (QED) is 0.638. The van der Waals surface area contributed by atoms with Crippen LogP contribution in [-0.4, -0.2) is 11.6 Å². The van der Waals surface area contributed by atoms with Crippen molar-refractivity contribution in [2.24, 2.45) is 0 Å². The molecule has 1 aromatic rings. The predicted molar refractivity (Wildman–Crippen MR) is 63.7 cm³/mol. The van der Waals surface area contributed by atoms with E-state index < -0.39 is 17.4 Å². The summed E-state index contributed by atoms with van der Waals surface area (Å²) in [6, 6.07) is 2.40. The molecule has 0 atom stereocenters. The van der Waals surface area contributed by atoms with Gasteiger partial charge < -0.3 is 10.5 Å². The zero-order valence-corrected chi connectivity index (χ0v) is 10.9. The highest BCUT2D eigenvalue weighted by molar-refractivity contribution is 9.10. The largest absolute Gasteiger partial charge is 0.456 e. The lowest BCUT2D eigenvalue weighted by molar-refractivity contribution is 0.00703. The summed E-state index contributed by atoms with van der Waals surface area (Å²) in [6.45, 7) is 5.20. The molecule has 3 nitrogen and oxygen atoms in total. The molecule has 0 unspecified atom stereocenters. The first-order valence-corrected chi connectivity index (χ1v) is 5.48. The topological polar surface area (TPSA) is 52.3 Å². The first kappa shape index (κ1) is 13.0. The molecule has 0 saturated heterocycles. The van der Waals surface area contributed by atoms with Gasteiger partial charge in [0.25, 0.3) is 0 Å². The van der Waals surface area contributed by atoms with E-state index in [9.17, 15) is 9.18 Å². The second-order valence-corrected chi connectivity index (χ2v) is 5.21. The van der Waals surface area contributed by atoms with Crippen LogP contribution in [0.5, 0.6) is 0 Å². The molecule has 0 aromatic heterocycles. The number of carbonyl (C=O) groups is 1. The molecule has 0 radical (unpaired) electrons. The highest BCUT2D eigenvalue weighted by Crippen LogP contribution is 2.24. The Labute approximate surface area is 102 Å². The van der Waals surface area contributed by atoms with Crippen LogP contribution in [-0.2, 0) is 4.74 Å². The van der Waals surface area contributed by atoms with Crippen LogP contribution in [0.25, 0.3) is 0 Å². The highest BCUT2D eigenvalue weighted by Gasteiger charge is 2.20. The maximum atomic E-state index is 13.2. The van der Waals surface area contributed by atoms with Gasteiger partial charge in [-0.1, -0.05) is 0 Å². The minimum absolute atomic E-state index is 0.0376. The number of esters is 1. The number of carbonyl (C=O) groups excluding carboxylic acids is 1. The van der Waals surface area contributed by atoms with E-state index in [2.05, 4.69) is 15.9 Å². The predicted octanol–water partition coefficient (Wildman–Crippen LogP) is 3.13. The number of benzene rings is 1. The molecule has 0 bridgehead atoms. The van der Waals surface area contributed by atoms with E-state index in [0.717, 1.165) is 6.07 Å². The van der Waals surface area contributed by atoms with Gasteiger partial charge in [-0.2, -0.15) is 0 Å². The van der Waals surface area contributed by atoms with Crippen molar-refractivity contribution in [1.29, 1.82) is 0 Å². The normalized spacial score (nSPS) is 11.3. The molecular weight excluding hydrogens is 277 g/mol. The number of halogens is 2. The summed E-state index contributed by atoms with van der Waals surface area (Å²) in [5, 5.41) is 0. The Morgan fingerprint density at radius 3 is 2.50 bits per heavy atom. The summed E-state index contributed by atoms with van der Waals surface area (Å²) >= 11 is 2.98. The molecule has 1 aromatic carbocycles. The highest BCUT2D eigenvalue weighted by atomic mass is 79.9. The first-order chi connectivity index (χ1) is 7.20. The van der Waals surface area contributed by atoms with Gasteiger partial charge in [0, 0.05) is 5.69 Å². The third kappa shape index (κ3) is 3.20. The van der Waals surface area contributed by atoms with Gasteiger partial charge in [0.05, 0.1) is 10.0 Å². The molecule has 0 saturated carbocycles. The van der Waals surface area contributed by atoms with Crippen LogP contribution in [0.1, 0.15) is 31.1 Å². The van der Waals surface area contributed by atoms with Crippen LogP contribution >= 0.6 is 15.9 Å². The standard InChI is InChI=1S/C11H13BrFNO2/c1-11(2,3)16-10(15)6-4-8(13)7(12)5-9(6)14/h4-5H,14H2,1-3H3. The van der Waals surface area contributed by atoms with Crippen LogP contribution < -0.4 is 5.73 Å². The molecule has 0 spiro atoms. The third-order valence-corrected chi connectivity index (χ3v) is 2.32. The van der Waals surface area contributed by atoms with Gasteiger partial charge in [-0.3, -0.25) is 0 Å². The van der Waals surface area contributed by atoms with Crippen LogP contribution in [0, 0.1) is 5.82 Å². The van der Waals surface area contributed by atoms with Crippen LogP contribution in [0.3, 0.4) is 0 Å². The molecule has 0 aliphatic rings. The van der Waals surface area contributed by atoms with Gasteiger partial charge in [0.1, 0.15) is 11.4 Å². The smallest absolute Gasteiger partial charge is 0.340 e. The molecule has 2 N–H and O–H groups in total. The van der Waals surface area contributed by atoms with Crippen molar-refractivity contribution in [2.45, 2.75) is 26.4 Å². The van der Waals surface area contributed by atoms with Gasteiger partial charge in [-0.25, -0.2) is 9.18 Å². The van der Waals surface area contributed by atoms with Crippen molar-refractivity contribution >= 4 is 27.6 Å². The molecular formula is C11H13BrFNO2. The van der Waals surface area contributed by atoms with Crippen molar-refractivity contribution in [3.63, 3.8) is 0 Å². The molecule has 0 aliphatic heterocycles. The Balaban J connectivity index is 3.05. The Morgan fingerprint density at radius 2 is 2.00 bits per heavy atom. The lowest BCUT2D eigenvalue weighted by Crippen LogP contribution is -2.24. The van der Waals surface area contributed by atoms with Crippen molar-refractivity contribution in [1.82, 2.24) is 0 Å². The van der Waals surface area contributed by atoms with Crippen molar-refractivity contribution in [2.75, 3.05) is 5.73 Å². The van der Waals surface area contributed by atoms with E-state index in [-0.39, 0.29) is 15.7 Å². The maximum Gasteiger partial charge on any atom is 0.340 e. The van der Waals surface area contributed by atoms with Gasteiger partial charge in [0.2, 0.25) is 0 Å². The maximum absolute atomic E-state index is 13.2. The molecule has 16 heavy (non-hydrogen) atoms. The fourth-order valence-electron chi connectivity index (χ4n) is 1.07. The van der Waals surface area contributed by atoms with E-state index in [1.165, 1.54) is 6.07 Å². The van der Waals surface area contributed by atoms with Crippen LogP contribution in [0.15, 0.2) is 16.6 Å². The second-order valence-electron chi connectivity index (χ2n) is 4.36. The number of hydrogen-bond acceptors (Lipinski definition) is 3.